The van der Waals surface area contributed by atoms with E-state index >= 15 is 0 Å². The Balaban J connectivity index is 2.03. The normalized spacial score (nSPS) is 12.1. The Labute approximate surface area is 136 Å². The lowest BCUT2D eigenvalue weighted by molar-refractivity contribution is -0.126. The molecule has 0 saturated carbocycles. The van der Waals surface area contributed by atoms with Crippen LogP contribution in [0.5, 0.6) is 0 Å². The largest absolute Gasteiger partial charge is 0.369 e. The third kappa shape index (κ3) is 4.67. The van der Waals surface area contributed by atoms with Gasteiger partial charge in [-0.3, -0.25) is 4.79 Å². The van der Waals surface area contributed by atoms with E-state index in [-0.39, 0.29) is 5.91 Å². The maximum atomic E-state index is 11.9. The van der Waals surface area contributed by atoms with Gasteiger partial charge >= 0.3 is 0 Å². The van der Waals surface area contributed by atoms with Crippen molar-refractivity contribution in [2.24, 2.45) is 0 Å². The van der Waals surface area contributed by atoms with Crippen molar-refractivity contribution in [3.8, 4) is 0 Å². The van der Waals surface area contributed by atoms with Crippen LogP contribution >= 0.6 is 34.7 Å². The minimum atomic E-state index is -0.496. The van der Waals surface area contributed by atoms with E-state index in [9.17, 15) is 4.79 Å². The van der Waals surface area contributed by atoms with Gasteiger partial charge in [0, 0.05) is 17.2 Å². The Morgan fingerprint density at radius 1 is 1.57 bits per heavy atom. The first kappa shape index (κ1) is 16.2. The molecule has 1 N–H and O–H groups in total. The summed E-state index contributed by atoms with van der Waals surface area (Å²) in [6.07, 6.45) is -0.496. The fraction of sp³-hybridized carbons (Fsp3) is 0.308. The molecule has 2 aromatic rings. The smallest absolute Gasteiger partial charge is 0.253 e. The van der Waals surface area contributed by atoms with Gasteiger partial charge in [0.25, 0.3) is 5.91 Å². The van der Waals surface area contributed by atoms with Crippen molar-refractivity contribution >= 4 is 46.3 Å². The summed E-state index contributed by atoms with van der Waals surface area (Å²) < 4.78 is 6.06. The van der Waals surface area contributed by atoms with Crippen LogP contribution in [0.4, 0.5) is 5.69 Å². The Kier molecular flexibility index (Phi) is 5.98. The average molecular weight is 344 g/mol. The molecule has 0 saturated heterocycles. The minimum absolute atomic E-state index is 0.197. The minimum Gasteiger partial charge on any atom is -0.369 e. The SMILES string of the molecule is CCOC(C)C(=O)Nc1ccc(Sc2nncs2)c(Cl)c1. The van der Waals surface area contributed by atoms with Crippen molar-refractivity contribution in [3.63, 3.8) is 0 Å². The zero-order valence-electron chi connectivity index (χ0n) is 11.5. The molecule has 0 radical (unpaired) electrons. The maximum absolute atomic E-state index is 11.9. The van der Waals surface area contributed by atoms with Gasteiger partial charge in [0.1, 0.15) is 11.6 Å². The molecular formula is C13H14ClN3O2S2. The summed E-state index contributed by atoms with van der Waals surface area (Å²) >= 11 is 9.11. The highest BCUT2D eigenvalue weighted by Crippen LogP contribution is 2.35. The number of hydrogen-bond donors (Lipinski definition) is 1. The van der Waals surface area contributed by atoms with Gasteiger partial charge in [-0.15, -0.1) is 10.2 Å². The molecule has 0 spiro atoms. The van der Waals surface area contributed by atoms with E-state index in [4.69, 9.17) is 16.3 Å². The maximum Gasteiger partial charge on any atom is 0.253 e. The van der Waals surface area contributed by atoms with Crippen molar-refractivity contribution in [2.45, 2.75) is 29.2 Å². The molecule has 1 aromatic carbocycles. The number of halogens is 1. The third-order valence-electron chi connectivity index (χ3n) is 2.52. The summed E-state index contributed by atoms with van der Waals surface area (Å²) in [7, 11) is 0. The second-order valence-corrected chi connectivity index (χ2v) is 6.57. The van der Waals surface area contributed by atoms with E-state index in [1.165, 1.54) is 23.1 Å². The van der Waals surface area contributed by atoms with Crippen LogP contribution in [-0.2, 0) is 9.53 Å². The molecule has 1 unspecified atom stereocenters. The first-order valence-corrected chi connectivity index (χ1v) is 8.33. The molecule has 1 amide bonds. The summed E-state index contributed by atoms with van der Waals surface area (Å²) in [4.78, 5) is 12.7. The van der Waals surface area contributed by atoms with Gasteiger partial charge in [-0.05, 0) is 32.0 Å². The van der Waals surface area contributed by atoms with Crippen LogP contribution in [0.3, 0.4) is 0 Å². The zero-order valence-corrected chi connectivity index (χ0v) is 13.9. The molecule has 0 aliphatic heterocycles. The lowest BCUT2D eigenvalue weighted by Crippen LogP contribution is -2.27. The van der Waals surface area contributed by atoms with Crippen LogP contribution < -0.4 is 5.32 Å². The Bertz CT molecular complexity index is 607. The molecule has 0 bridgehead atoms. The van der Waals surface area contributed by atoms with Crippen LogP contribution in [0.25, 0.3) is 0 Å². The summed E-state index contributed by atoms with van der Waals surface area (Å²) in [5.41, 5.74) is 2.30. The highest BCUT2D eigenvalue weighted by Gasteiger charge is 2.13. The van der Waals surface area contributed by atoms with E-state index in [0.717, 1.165) is 9.24 Å². The van der Waals surface area contributed by atoms with Gasteiger partial charge in [-0.1, -0.05) is 34.7 Å². The summed E-state index contributed by atoms with van der Waals surface area (Å²) in [5, 5.41) is 11.1. The molecule has 21 heavy (non-hydrogen) atoms. The van der Waals surface area contributed by atoms with E-state index in [2.05, 4.69) is 15.5 Å². The molecule has 8 heteroatoms. The summed E-state index contributed by atoms with van der Waals surface area (Å²) in [6.45, 7) is 4.05. The van der Waals surface area contributed by atoms with E-state index in [1.807, 2.05) is 13.0 Å². The monoisotopic (exact) mass is 343 g/mol. The van der Waals surface area contributed by atoms with Crippen molar-refractivity contribution in [2.75, 3.05) is 11.9 Å². The summed E-state index contributed by atoms with van der Waals surface area (Å²) in [5.74, 6) is -0.197. The van der Waals surface area contributed by atoms with Crippen LogP contribution in [0.1, 0.15) is 13.8 Å². The zero-order chi connectivity index (χ0) is 15.2. The standard InChI is InChI=1S/C13H14ClN3O2S2/c1-3-19-8(2)12(18)16-9-4-5-11(10(14)6-9)21-13-17-15-7-20-13/h4-8H,3H2,1-2H3,(H,16,18). The Morgan fingerprint density at radius 3 is 3.00 bits per heavy atom. The lowest BCUT2D eigenvalue weighted by Gasteiger charge is -2.12. The number of ether oxygens (including phenoxy) is 1. The van der Waals surface area contributed by atoms with E-state index in [0.29, 0.717) is 17.3 Å². The molecule has 2 rings (SSSR count). The fourth-order valence-corrected chi connectivity index (χ4v) is 3.27. The number of amides is 1. The predicted octanol–water partition coefficient (Wildman–Crippen LogP) is 3.71. The lowest BCUT2D eigenvalue weighted by atomic mass is 10.3. The number of anilines is 1. The molecule has 112 valence electrons. The van der Waals surface area contributed by atoms with Gasteiger partial charge in [-0.25, -0.2) is 0 Å². The van der Waals surface area contributed by atoms with Gasteiger partial charge in [0.05, 0.1) is 5.02 Å². The molecule has 0 aliphatic carbocycles. The molecule has 1 atom stereocenters. The molecule has 1 heterocycles. The number of aromatic nitrogens is 2. The molecule has 5 nitrogen and oxygen atoms in total. The van der Waals surface area contributed by atoms with E-state index < -0.39 is 6.10 Å². The number of benzene rings is 1. The number of carbonyl (C=O) groups is 1. The van der Waals surface area contributed by atoms with Gasteiger partial charge < -0.3 is 10.1 Å². The van der Waals surface area contributed by atoms with Crippen LogP contribution in [0, 0.1) is 0 Å². The van der Waals surface area contributed by atoms with Crippen molar-refractivity contribution in [1.82, 2.24) is 10.2 Å². The van der Waals surface area contributed by atoms with Gasteiger partial charge in [-0.2, -0.15) is 0 Å². The topological polar surface area (TPSA) is 64.1 Å². The van der Waals surface area contributed by atoms with E-state index in [1.54, 1.807) is 24.6 Å². The Morgan fingerprint density at radius 2 is 2.38 bits per heavy atom. The quantitative estimate of drug-likeness (QED) is 0.866. The highest BCUT2D eigenvalue weighted by atomic mass is 35.5. The van der Waals surface area contributed by atoms with Crippen molar-refractivity contribution < 1.29 is 9.53 Å². The number of carbonyl (C=O) groups excluding carboxylic acids is 1. The first-order valence-electron chi connectivity index (χ1n) is 6.26. The number of hydrogen-bond acceptors (Lipinski definition) is 6. The summed E-state index contributed by atoms with van der Waals surface area (Å²) in [6, 6.07) is 5.35. The fourth-order valence-electron chi connectivity index (χ4n) is 1.53. The highest BCUT2D eigenvalue weighted by molar-refractivity contribution is 8.01. The molecule has 0 fully saturated rings. The third-order valence-corrected chi connectivity index (χ3v) is 4.80. The molecular weight excluding hydrogens is 330 g/mol. The number of nitrogens with zero attached hydrogens (tertiary/aromatic N) is 2. The van der Waals surface area contributed by atoms with Crippen LogP contribution in [0.2, 0.25) is 5.02 Å². The molecule has 0 aliphatic rings. The van der Waals surface area contributed by atoms with Crippen LogP contribution in [-0.4, -0.2) is 28.8 Å². The average Bonchev–Trinajstić information content (AvgIpc) is 2.95. The first-order chi connectivity index (χ1) is 10.1. The van der Waals surface area contributed by atoms with Crippen LogP contribution in [0.15, 0.2) is 32.9 Å². The Hall–Kier alpha value is -1.15. The number of rotatable bonds is 6. The predicted molar refractivity (Wildman–Crippen MR) is 85.2 cm³/mol. The van der Waals surface area contributed by atoms with Crippen molar-refractivity contribution in [3.05, 3.63) is 28.7 Å². The van der Waals surface area contributed by atoms with Gasteiger partial charge in [0.2, 0.25) is 0 Å². The number of nitrogens with one attached hydrogen (secondary N) is 1. The van der Waals surface area contributed by atoms with Gasteiger partial charge in [0.15, 0.2) is 4.34 Å². The second kappa shape index (κ2) is 7.74. The second-order valence-electron chi connectivity index (χ2n) is 4.04. The van der Waals surface area contributed by atoms with Crippen molar-refractivity contribution in [1.29, 1.82) is 0 Å². The molecule has 1 aromatic heterocycles.